The lowest BCUT2D eigenvalue weighted by Crippen LogP contribution is -2.44. The van der Waals surface area contributed by atoms with Crippen LogP contribution in [0.25, 0.3) is 0 Å². The molecule has 2 N–H and O–H groups in total. The number of rotatable bonds is 6. The van der Waals surface area contributed by atoms with Gasteiger partial charge in [-0.25, -0.2) is 0 Å². The predicted octanol–water partition coefficient (Wildman–Crippen LogP) is 3.50. The molecule has 2 aliphatic rings. The van der Waals surface area contributed by atoms with Gasteiger partial charge >= 0.3 is 0 Å². The molecule has 2 aromatic rings. The Balaban J connectivity index is 1.29. The summed E-state index contributed by atoms with van der Waals surface area (Å²) in [7, 11) is 0. The Morgan fingerprint density at radius 1 is 1.19 bits per heavy atom. The Labute approximate surface area is 165 Å². The molecular formula is C22H29N3OS. The number of nitrogens with zero attached hydrogens (tertiary/aromatic N) is 1. The number of ketones is 1. The number of Topliss-reactive ketones (excluding diaryl/α,β-unsaturated/α-hetero) is 1. The van der Waals surface area contributed by atoms with Crippen molar-refractivity contribution in [1.29, 1.82) is 0 Å². The van der Waals surface area contributed by atoms with Gasteiger partial charge in [0.05, 0.1) is 4.88 Å². The lowest BCUT2D eigenvalue weighted by atomic mass is 9.81. The molecule has 5 heteroatoms. The van der Waals surface area contributed by atoms with Gasteiger partial charge in [-0.1, -0.05) is 30.3 Å². The molecule has 0 saturated carbocycles. The van der Waals surface area contributed by atoms with Crippen LogP contribution in [-0.4, -0.2) is 36.4 Å². The molecule has 2 aliphatic heterocycles. The van der Waals surface area contributed by atoms with E-state index in [0.29, 0.717) is 12.0 Å². The van der Waals surface area contributed by atoms with Gasteiger partial charge in [-0.15, -0.1) is 11.3 Å². The van der Waals surface area contributed by atoms with Crippen LogP contribution < -0.4 is 10.9 Å². The summed E-state index contributed by atoms with van der Waals surface area (Å²) >= 11 is 1.57. The van der Waals surface area contributed by atoms with Crippen LogP contribution in [0.1, 0.15) is 40.6 Å². The van der Waals surface area contributed by atoms with Gasteiger partial charge in [0.15, 0.2) is 5.78 Å². The summed E-state index contributed by atoms with van der Waals surface area (Å²) in [5.74, 6) is 1.58. The van der Waals surface area contributed by atoms with E-state index in [1.165, 1.54) is 24.0 Å². The summed E-state index contributed by atoms with van der Waals surface area (Å²) in [6, 6.07) is 13.5. The van der Waals surface area contributed by atoms with E-state index >= 15 is 0 Å². The van der Waals surface area contributed by atoms with E-state index in [2.05, 4.69) is 57.5 Å². The smallest absolute Gasteiger partial charge is 0.169 e. The van der Waals surface area contributed by atoms with Crippen molar-refractivity contribution >= 4 is 17.1 Å². The van der Waals surface area contributed by atoms with E-state index in [1.54, 1.807) is 18.3 Å². The van der Waals surface area contributed by atoms with Crippen molar-refractivity contribution in [3.05, 3.63) is 57.8 Å². The molecule has 3 heterocycles. The minimum Gasteiger partial charge on any atom is -0.299 e. The second-order valence-corrected chi connectivity index (χ2v) is 8.90. The van der Waals surface area contributed by atoms with Gasteiger partial charge in [-0.2, -0.15) is 0 Å². The molecule has 4 nitrogen and oxygen atoms in total. The maximum Gasteiger partial charge on any atom is 0.169 e. The van der Waals surface area contributed by atoms with E-state index in [1.807, 2.05) is 0 Å². The van der Waals surface area contributed by atoms with Crippen LogP contribution in [0.3, 0.4) is 0 Å². The zero-order valence-corrected chi connectivity index (χ0v) is 16.8. The van der Waals surface area contributed by atoms with E-state index in [4.69, 9.17) is 0 Å². The Bertz CT molecular complexity index is 752. The SMILES string of the molecule is CC(=O)c1cc(CN2CCC(C3NNCC3Cc3ccccc3)CC2)cs1. The molecule has 144 valence electrons. The molecule has 1 aromatic carbocycles. The predicted molar refractivity (Wildman–Crippen MR) is 111 cm³/mol. The molecule has 0 bridgehead atoms. The highest BCUT2D eigenvalue weighted by molar-refractivity contribution is 7.12. The number of hydrogen-bond acceptors (Lipinski definition) is 5. The quantitative estimate of drug-likeness (QED) is 0.750. The Kier molecular flexibility index (Phi) is 6.03. The fourth-order valence-electron chi connectivity index (χ4n) is 4.54. The zero-order chi connectivity index (χ0) is 18.6. The van der Waals surface area contributed by atoms with Crippen molar-refractivity contribution in [2.45, 2.75) is 38.8 Å². The Morgan fingerprint density at radius 2 is 1.96 bits per heavy atom. The second kappa shape index (κ2) is 8.65. The lowest BCUT2D eigenvalue weighted by Gasteiger charge is -2.36. The molecule has 0 amide bonds. The van der Waals surface area contributed by atoms with Crippen molar-refractivity contribution in [2.75, 3.05) is 19.6 Å². The average molecular weight is 384 g/mol. The van der Waals surface area contributed by atoms with Gasteiger partial charge in [0.1, 0.15) is 0 Å². The number of hydrazine groups is 1. The number of likely N-dealkylation sites (tertiary alicyclic amines) is 1. The fourth-order valence-corrected chi connectivity index (χ4v) is 5.35. The molecule has 0 aliphatic carbocycles. The van der Waals surface area contributed by atoms with Gasteiger partial charge in [-0.3, -0.25) is 20.5 Å². The van der Waals surface area contributed by atoms with E-state index < -0.39 is 0 Å². The summed E-state index contributed by atoms with van der Waals surface area (Å²) in [5.41, 5.74) is 9.71. The van der Waals surface area contributed by atoms with Gasteiger partial charge in [0, 0.05) is 19.1 Å². The Morgan fingerprint density at radius 3 is 2.67 bits per heavy atom. The number of carbonyl (C=O) groups excluding carboxylic acids is 1. The third-order valence-corrected chi connectivity index (χ3v) is 7.11. The number of carbonyl (C=O) groups is 1. The third kappa shape index (κ3) is 4.66. The summed E-state index contributed by atoms with van der Waals surface area (Å²) in [4.78, 5) is 14.9. The number of thiophene rings is 1. The molecule has 2 unspecified atom stereocenters. The van der Waals surface area contributed by atoms with Crippen LogP contribution in [-0.2, 0) is 13.0 Å². The topological polar surface area (TPSA) is 44.4 Å². The first-order valence-corrected chi connectivity index (χ1v) is 10.9. The van der Waals surface area contributed by atoms with Crippen LogP contribution in [0.15, 0.2) is 41.8 Å². The minimum absolute atomic E-state index is 0.175. The van der Waals surface area contributed by atoms with Crippen LogP contribution in [0.2, 0.25) is 0 Å². The normalized spacial score (nSPS) is 24.3. The van der Waals surface area contributed by atoms with Crippen LogP contribution in [0, 0.1) is 11.8 Å². The van der Waals surface area contributed by atoms with Gasteiger partial charge in [0.25, 0.3) is 0 Å². The van der Waals surface area contributed by atoms with Gasteiger partial charge in [0.2, 0.25) is 0 Å². The molecule has 2 saturated heterocycles. The molecule has 1 aromatic heterocycles. The van der Waals surface area contributed by atoms with Crippen molar-refractivity contribution in [1.82, 2.24) is 15.8 Å². The second-order valence-electron chi connectivity index (χ2n) is 7.99. The minimum atomic E-state index is 0.175. The van der Waals surface area contributed by atoms with Gasteiger partial charge < -0.3 is 0 Å². The molecule has 0 radical (unpaired) electrons. The summed E-state index contributed by atoms with van der Waals surface area (Å²) in [6.45, 7) is 5.97. The number of nitrogens with one attached hydrogen (secondary N) is 2. The highest BCUT2D eigenvalue weighted by atomic mass is 32.1. The molecule has 0 spiro atoms. The lowest BCUT2D eigenvalue weighted by molar-refractivity contribution is 0.102. The first kappa shape index (κ1) is 18.8. The molecular weight excluding hydrogens is 354 g/mol. The Hall–Kier alpha value is -1.53. The largest absolute Gasteiger partial charge is 0.299 e. The first-order chi connectivity index (χ1) is 13.2. The molecule has 27 heavy (non-hydrogen) atoms. The summed E-state index contributed by atoms with van der Waals surface area (Å²) in [5, 5.41) is 2.14. The fraction of sp³-hybridized carbons (Fsp3) is 0.500. The van der Waals surface area contributed by atoms with Crippen LogP contribution in [0.4, 0.5) is 0 Å². The molecule has 4 rings (SSSR count). The molecule has 2 atom stereocenters. The zero-order valence-electron chi connectivity index (χ0n) is 16.0. The maximum absolute atomic E-state index is 11.5. The van der Waals surface area contributed by atoms with Crippen LogP contribution >= 0.6 is 11.3 Å². The van der Waals surface area contributed by atoms with E-state index in [9.17, 15) is 4.79 Å². The van der Waals surface area contributed by atoms with Crippen LogP contribution in [0.5, 0.6) is 0 Å². The van der Waals surface area contributed by atoms with Crippen molar-refractivity contribution in [2.24, 2.45) is 11.8 Å². The average Bonchev–Trinajstić information content (AvgIpc) is 3.33. The number of piperidine rings is 1. The standard InChI is InChI=1S/C22H29N3OS/c1-16(26)21-12-18(15-27-21)14-25-9-7-19(8-10-25)22-20(13-23-24-22)11-17-5-3-2-4-6-17/h2-6,12,15,19-20,22-24H,7-11,13-14H2,1H3. The first-order valence-electron chi connectivity index (χ1n) is 10.0. The monoisotopic (exact) mass is 383 g/mol. The third-order valence-electron chi connectivity index (χ3n) is 6.03. The van der Waals surface area contributed by atoms with Crippen molar-refractivity contribution in [3.8, 4) is 0 Å². The maximum atomic E-state index is 11.5. The highest BCUT2D eigenvalue weighted by Crippen LogP contribution is 2.29. The summed E-state index contributed by atoms with van der Waals surface area (Å²) in [6.07, 6.45) is 3.64. The summed E-state index contributed by atoms with van der Waals surface area (Å²) < 4.78 is 0. The van der Waals surface area contributed by atoms with Gasteiger partial charge in [-0.05, 0) is 73.7 Å². The number of hydrogen-bond donors (Lipinski definition) is 2. The van der Waals surface area contributed by atoms with E-state index in [0.717, 1.165) is 43.4 Å². The highest BCUT2D eigenvalue weighted by Gasteiger charge is 2.35. The van der Waals surface area contributed by atoms with E-state index in [-0.39, 0.29) is 5.78 Å². The van der Waals surface area contributed by atoms with Crippen molar-refractivity contribution < 1.29 is 4.79 Å². The number of benzene rings is 1. The van der Waals surface area contributed by atoms with Crippen molar-refractivity contribution in [3.63, 3.8) is 0 Å². The molecule has 2 fully saturated rings.